The van der Waals surface area contributed by atoms with E-state index >= 15 is 0 Å². The van der Waals surface area contributed by atoms with Gasteiger partial charge in [0.25, 0.3) is 0 Å². The topological polar surface area (TPSA) is 34.1 Å². The number of hydrogen-bond donors (Lipinski definition) is 0. The third kappa shape index (κ3) is 6.35. The van der Waals surface area contributed by atoms with Crippen molar-refractivity contribution in [3.63, 3.8) is 0 Å². The molecule has 1 saturated carbocycles. The van der Waals surface area contributed by atoms with Gasteiger partial charge in [-0.15, -0.1) is 0 Å². The minimum Gasteiger partial charge on any atom is -0.229 e. The molecule has 3 heteroatoms. The van der Waals surface area contributed by atoms with Crippen LogP contribution in [-0.2, 0) is 16.3 Å². The molecular formula is C30H36O2S. The van der Waals surface area contributed by atoms with Crippen molar-refractivity contribution in [1.29, 1.82) is 0 Å². The Balaban J connectivity index is 1.27. The molecule has 1 aliphatic carbocycles. The Bertz CT molecular complexity index is 1110. The first-order valence-corrected chi connectivity index (χ1v) is 14.1. The molecule has 0 N–H and O–H groups in total. The van der Waals surface area contributed by atoms with Gasteiger partial charge < -0.3 is 0 Å². The van der Waals surface area contributed by atoms with Crippen molar-refractivity contribution in [2.75, 3.05) is 5.75 Å². The van der Waals surface area contributed by atoms with E-state index in [9.17, 15) is 8.42 Å². The average Bonchev–Trinajstić information content (AvgIpc) is 2.84. The van der Waals surface area contributed by atoms with Gasteiger partial charge in [-0.3, -0.25) is 0 Å². The van der Waals surface area contributed by atoms with Gasteiger partial charge in [-0.2, -0.15) is 0 Å². The lowest BCUT2D eigenvalue weighted by atomic mass is 9.80. The van der Waals surface area contributed by atoms with Crippen molar-refractivity contribution in [1.82, 2.24) is 0 Å². The summed E-state index contributed by atoms with van der Waals surface area (Å²) in [5.41, 5.74) is 6.38. The Kier molecular flexibility index (Phi) is 7.70. The van der Waals surface area contributed by atoms with Gasteiger partial charge in [0.2, 0.25) is 0 Å². The van der Waals surface area contributed by atoms with Crippen LogP contribution >= 0.6 is 0 Å². The van der Waals surface area contributed by atoms with E-state index in [2.05, 4.69) is 72.8 Å². The highest BCUT2D eigenvalue weighted by Crippen LogP contribution is 2.33. The molecule has 2 nitrogen and oxygen atoms in total. The summed E-state index contributed by atoms with van der Waals surface area (Å²) in [6, 6.07) is 28.3. The van der Waals surface area contributed by atoms with Crippen LogP contribution in [0.1, 0.15) is 51.5 Å². The van der Waals surface area contributed by atoms with E-state index < -0.39 is 9.84 Å². The summed E-state index contributed by atoms with van der Waals surface area (Å²) in [5, 5.41) is -0.250. The van der Waals surface area contributed by atoms with Gasteiger partial charge in [-0.25, -0.2) is 8.42 Å². The van der Waals surface area contributed by atoms with Crippen molar-refractivity contribution < 1.29 is 8.42 Å². The standard InChI is InChI=1S/C30H36O2S/c1-23(2)33(31,32)22-26-12-10-24(11-13-26)8-9-25-14-16-28(17-15-25)30-20-18-29(19-21-30)27-6-4-3-5-7-27/h3-7,14-21,23-24,26H,8-13,22H2,1-2H3. The predicted octanol–water partition coefficient (Wildman–Crippen LogP) is 7.58. The summed E-state index contributed by atoms with van der Waals surface area (Å²) in [7, 11) is -2.91. The van der Waals surface area contributed by atoms with Gasteiger partial charge in [0.1, 0.15) is 0 Å². The van der Waals surface area contributed by atoms with Crippen LogP contribution in [0.5, 0.6) is 0 Å². The average molecular weight is 461 g/mol. The number of rotatable bonds is 8. The molecule has 3 aromatic carbocycles. The SMILES string of the molecule is CC(C)S(=O)(=O)CC1CCC(CCc2ccc(-c3ccc(-c4ccccc4)cc3)cc2)CC1. The fraction of sp³-hybridized carbons (Fsp3) is 0.400. The highest BCUT2D eigenvalue weighted by atomic mass is 32.2. The molecule has 0 unspecified atom stereocenters. The van der Waals surface area contributed by atoms with Crippen molar-refractivity contribution in [2.45, 2.75) is 57.6 Å². The summed E-state index contributed by atoms with van der Waals surface area (Å²) >= 11 is 0. The van der Waals surface area contributed by atoms with Gasteiger partial charge in [0.05, 0.1) is 11.0 Å². The third-order valence-corrected chi connectivity index (χ3v) is 9.65. The van der Waals surface area contributed by atoms with Gasteiger partial charge in [-0.05, 0) is 79.2 Å². The lowest BCUT2D eigenvalue weighted by Crippen LogP contribution is -2.26. The molecule has 174 valence electrons. The highest BCUT2D eigenvalue weighted by Gasteiger charge is 2.27. The van der Waals surface area contributed by atoms with Crippen molar-refractivity contribution in [2.24, 2.45) is 11.8 Å². The lowest BCUT2D eigenvalue weighted by molar-refractivity contribution is 0.278. The fourth-order valence-electron chi connectivity index (χ4n) is 4.93. The number of hydrogen-bond acceptors (Lipinski definition) is 2. The molecule has 0 spiro atoms. The smallest absolute Gasteiger partial charge is 0.152 e. The molecule has 1 aliphatic rings. The minimum absolute atomic E-state index is 0.250. The fourth-order valence-corrected chi connectivity index (χ4v) is 6.30. The van der Waals surface area contributed by atoms with Crippen LogP contribution < -0.4 is 0 Å². The molecule has 0 saturated heterocycles. The monoisotopic (exact) mass is 460 g/mol. The van der Waals surface area contributed by atoms with Gasteiger partial charge in [0.15, 0.2) is 9.84 Å². The molecule has 1 fully saturated rings. The minimum atomic E-state index is -2.91. The van der Waals surface area contributed by atoms with E-state index in [0.717, 1.165) is 25.2 Å². The Morgan fingerprint density at radius 1 is 0.667 bits per heavy atom. The van der Waals surface area contributed by atoms with Crippen molar-refractivity contribution in [3.8, 4) is 22.3 Å². The summed E-state index contributed by atoms with van der Waals surface area (Å²) in [6.07, 6.45) is 6.78. The Morgan fingerprint density at radius 3 is 1.64 bits per heavy atom. The van der Waals surface area contributed by atoms with Crippen LogP contribution in [-0.4, -0.2) is 19.4 Å². The molecule has 0 heterocycles. The van der Waals surface area contributed by atoms with E-state index in [1.54, 1.807) is 13.8 Å². The number of benzene rings is 3. The molecule has 0 bridgehead atoms. The number of sulfone groups is 1. The summed E-state index contributed by atoms with van der Waals surface area (Å²) in [6.45, 7) is 3.60. The maximum absolute atomic E-state index is 12.2. The molecule has 0 amide bonds. The molecule has 0 radical (unpaired) electrons. The largest absolute Gasteiger partial charge is 0.229 e. The van der Waals surface area contributed by atoms with E-state index in [1.807, 2.05) is 6.07 Å². The van der Waals surface area contributed by atoms with Crippen molar-refractivity contribution in [3.05, 3.63) is 84.4 Å². The molecule has 3 aromatic rings. The zero-order chi connectivity index (χ0) is 23.3. The van der Waals surface area contributed by atoms with Gasteiger partial charge >= 0.3 is 0 Å². The summed E-state index contributed by atoms with van der Waals surface area (Å²) < 4.78 is 24.4. The van der Waals surface area contributed by atoms with Gasteiger partial charge in [-0.1, -0.05) is 91.7 Å². The van der Waals surface area contributed by atoms with Crippen LogP contribution in [0.4, 0.5) is 0 Å². The second-order valence-corrected chi connectivity index (χ2v) is 12.5. The molecular weight excluding hydrogens is 424 g/mol. The zero-order valence-corrected chi connectivity index (χ0v) is 20.7. The van der Waals surface area contributed by atoms with Crippen LogP contribution in [0.15, 0.2) is 78.9 Å². The lowest BCUT2D eigenvalue weighted by Gasteiger charge is -2.28. The molecule has 0 aromatic heterocycles. The first-order chi connectivity index (χ1) is 15.9. The maximum atomic E-state index is 12.2. The van der Waals surface area contributed by atoms with Crippen LogP contribution in [0.2, 0.25) is 0 Å². The van der Waals surface area contributed by atoms with Gasteiger partial charge in [0, 0.05) is 0 Å². The Labute approximate surface area is 200 Å². The Hall–Kier alpha value is -2.39. The molecule has 4 rings (SSSR count). The second-order valence-electron chi connectivity index (χ2n) is 9.94. The third-order valence-electron chi connectivity index (χ3n) is 7.27. The van der Waals surface area contributed by atoms with E-state index in [1.165, 1.54) is 47.1 Å². The quantitative estimate of drug-likeness (QED) is 0.347. The normalized spacial score (nSPS) is 19.0. The summed E-state index contributed by atoms with van der Waals surface area (Å²) in [4.78, 5) is 0. The van der Waals surface area contributed by atoms with E-state index in [-0.39, 0.29) is 5.25 Å². The first-order valence-electron chi connectivity index (χ1n) is 12.4. The van der Waals surface area contributed by atoms with E-state index in [0.29, 0.717) is 11.7 Å². The van der Waals surface area contributed by atoms with E-state index in [4.69, 9.17) is 0 Å². The van der Waals surface area contributed by atoms with Crippen LogP contribution in [0, 0.1) is 11.8 Å². The van der Waals surface area contributed by atoms with Crippen LogP contribution in [0.3, 0.4) is 0 Å². The maximum Gasteiger partial charge on any atom is 0.152 e. The zero-order valence-electron chi connectivity index (χ0n) is 19.9. The second kappa shape index (κ2) is 10.7. The first kappa shape index (κ1) is 23.8. The molecule has 0 aliphatic heterocycles. The summed E-state index contributed by atoms with van der Waals surface area (Å²) in [5.74, 6) is 1.47. The predicted molar refractivity (Wildman–Crippen MR) is 140 cm³/mol. The highest BCUT2D eigenvalue weighted by molar-refractivity contribution is 7.91. The molecule has 33 heavy (non-hydrogen) atoms. The number of aryl methyl sites for hydroxylation is 1. The van der Waals surface area contributed by atoms with Crippen LogP contribution in [0.25, 0.3) is 22.3 Å². The Morgan fingerprint density at radius 2 is 1.12 bits per heavy atom. The van der Waals surface area contributed by atoms with Crippen molar-refractivity contribution >= 4 is 9.84 Å². The molecule has 0 atom stereocenters.